The number of carbonyl (C=O) groups is 2. The van der Waals surface area contributed by atoms with Crippen LogP contribution in [0.1, 0.15) is 27.4 Å². The lowest BCUT2D eigenvalue weighted by molar-refractivity contribution is -0.123. The van der Waals surface area contributed by atoms with Gasteiger partial charge in [-0.1, -0.05) is 29.8 Å². The van der Waals surface area contributed by atoms with Crippen LogP contribution in [-0.2, 0) is 9.53 Å². The number of anilines is 1. The van der Waals surface area contributed by atoms with Crippen molar-refractivity contribution >= 4 is 52.7 Å². The minimum atomic E-state index is -0.915. The van der Waals surface area contributed by atoms with E-state index in [-0.39, 0.29) is 0 Å². The second-order valence-corrected chi connectivity index (χ2v) is 8.90. The van der Waals surface area contributed by atoms with Crippen molar-refractivity contribution in [2.45, 2.75) is 17.6 Å². The molecule has 3 rings (SSSR count). The molecule has 7 heteroatoms. The highest BCUT2D eigenvalue weighted by molar-refractivity contribution is 8.19. The Balaban J connectivity index is 1.57. The molecule has 1 atom stereocenters. The van der Waals surface area contributed by atoms with Crippen LogP contribution < -0.4 is 5.32 Å². The van der Waals surface area contributed by atoms with Crippen molar-refractivity contribution in [3.8, 4) is 0 Å². The monoisotopic (exact) mass is 407 g/mol. The molecule has 2 aromatic carbocycles. The Labute approximate surface area is 166 Å². The van der Waals surface area contributed by atoms with Crippen LogP contribution in [0.4, 0.5) is 5.69 Å². The average molecular weight is 408 g/mol. The van der Waals surface area contributed by atoms with E-state index in [1.165, 1.54) is 12.5 Å². The van der Waals surface area contributed by atoms with Gasteiger partial charge < -0.3 is 10.1 Å². The highest BCUT2D eigenvalue weighted by Gasteiger charge is 2.21. The first-order chi connectivity index (χ1) is 12.5. The van der Waals surface area contributed by atoms with Gasteiger partial charge in [0, 0.05) is 22.2 Å². The summed E-state index contributed by atoms with van der Waals surface area (Å²) in [5, 5.41) is 3.20. The summed E-state index contributed by atoms with van der Waals surface area (Å²) in [5.41, 5.74) is 2.19. The molecule has 26 heavy (non-hydrogen) atoms. The van der Waals surface area contributed by atoms with Gasteiger partial charge in [-0.05, 0) is 42.8 Å². The van der Waals surface area contributed by atoms with E-state index in [9.17, 15) is 9.59 Å². The molecule has 1 fully saturated rings. The third-order valence-corrected chi connectivity index (χ3v) is 7.13. The molecule has 0 unspecified atom stereocenters. The van der Waals surface area contributed by atoms with E-state index in [1.54, 1.807) is 36.4 Å². The lowest BCUT2D eigenvalue weighted by Gasteiger charge is -2.14. The Morgan fingerprint density at radius 2 is 1.85 bits per heavy atom. The fraction of sp³-hybridized carbons (Fsp3) is 0.263. The van der Waals surface area contributed by atoms with Crippen LogP contribution in [0.5, 0.6) is 0 Å². The Morgan fingerprint density at radius 1 is 1.15 bits per heavy atom. The van der Waals surface area contributed by atoms with E-state index in [4.69, 9.17) is 16.3 Å². The van der Waals surface area contributed by atoms with Crippen molar-refractivity contribution in [3.63, 3.8) is 0 Å². The molecule has 1 aliphatic rings. The fourth-order valence-electron chi connectivity index (χ4n) is 2.42. The number of halogens is 1. The van der Waals surface area contributed by atoms with Gasteiger partial charge in [0.1, 0.15) is 0 Å². The number of ether oxygens (including phenoxy) is 1. The zero-order valence-electron chi connectivity index (χ0n) is 14.1. The maximum atomic E-state index is 12.3. The zero-order chi connectivity index (χ0) is 18.5. The lowest BCUT2D eigenvalue weighted by atomic mass is 10.1. The van der Waals surface area contributed by atoms with Crippen LogP contribution in [0.25, 0.3) is 0 Å². The molecule has 1 N–H and O–H groups in total. The van der Waals surface area contributed by atoms with Gasteiger partial charge in [-0.25, -0.2) is 4.79 Å². The quantitative estimate of drug-likeness (QED) is 0.706. The molecule has 0 aromatic heterocycles. The average Bonchev–Trinajstić information content (AvgIpc) is 3.16. The Hall–Kier alpha value is -1.63. The molecule has 4 nitrogen and oxygen atoms in total. The second kappa shape index (κ2) is 8.84. The van der Waals surface area contributed by atoms with Crippen molar-refractivity contribution in [2.24, 2.45) is 0 Å². The fourth-order valence-corrected chi connectivity index (χ4v) is 5.47. The summed E-state index contributed by atoms with van der Waals surface area (Å²) in [6.07, 6.45) is -0.915. The standard InChI is InChI=1S/C19H18ClNO3S2/c1-12(17(22)21-16-4-2-3-15(20)11-16)24-18(23)13-5-7-14(8-6-13)19-25-9-10-26-19/h2-8,11-12,19H,9-10H2,1H3,(H,21,22)/t12-/m1/s1. The Kier molecular flexibility index (Phi) is 6.51. The Bertz CT molecular complexity index is 792. The first kappa shape index (κ1) is 19.1. The maximum absolute atomic E-state index is 12.3. The van der Waals surface area contributed by atoms with Crippen molar-refractivity contribution < 1.29 is 14.3 Å². The van der Waals surface area contributed by atoms with Gasteiger partial charge in [0.15, 0.2) is 6.10 Å². The third kappa shape index (κ3) is 4.96. The van der Waals surface area contributed by atoms with Gasteiger partial charge >= 0.3 is 5.97 Å². The van der Waals surface area contributed by atoms with Crippen LogP contribution in [0, 0.1) is 0 Å². The number of thioether (sulfide) groups is 2. The van der Waals surface area contributed by atoms with Crippen LogP contribution in [-0.4, -0.2) is 29.5 Å². The topological polar surface area (TPSA) is 55.4 Å². The van der Waals surface area contributed by atoms with Crippen molar-refractivity contribution in [2.75, 3.05) is 16.8 Å². The van der Waals surface area contributed by atoms with Crippen LogP contribution >= 0.6 is 35.1 Å². The van der Waals surface area contributed by atoms with Gasteiger partial charge in [-0.2, -0.15) is 0 Å². The van der Waals surface area contributed by atoms with Gasteiger partial charge in [-0.3, -0.25) is 4.79 Å². The van der Waals surface area contributed by atoms with Crippen molar-refractivity contribution in [1.82, 2.24) is 0 Å². The van der Waals surface area contributed by atoms with Crippen LogP contribution in [0.2, 0.25) is 5.02 Å². The summed E-state index contributed by atoms with van der Waals surface area (Å²) in [7, 11) is 0. The highest BCUT2D eigenvalue weighted by atomic mass is 35.5. The first-order valence-electron chi connectivity index (χ1n) is 8.13. The van der Waals surface area contributed by atoms with Crippen molar-refractivity contribution in [1.29, 1.82) is 0 Å². The molecule has 1 saturated heterocycles. The third-order valence-electron chi connectivity index (χ3n) is 3.79. The number of hydrogen-bond acceptors (Lipinski definition) is 5. The molecular formula is C19H18ClNO3S2. The SMILES string of the molecule is C[C@@H](OC(=O)c1ccc(C2SCCS2)cc1)C(=O)Nc1cccc(Cl)c1. The number of nitrogens with one attached hydrogen (secondary N) is 1. The molecule has 1 heterocycles. The summed E-state index contributed by atoms with van der Waals surface area (Å²) in [4.78, 5) is 24.4. The first-order valence-corrected chi connectivity index (χ1v) is 10.6. The summed E-state index contributed by atoms with van der Waals surface area (Å²) in [5.74, 6) is 1.38. The predicted octanol–water partition coefficient (Wildman–Crippen LogP) is 5.00. The van der Waals surface area contributed by atoms with E-state index >= 15 is 0 Å². The molecular weight excluding hydrogens is 390 g/mol. The summed E-state index contributed by atoms with van der Waals surface area (Å²) < 4.78 is 5.70. The Morgan fingerprint density at radius 3 is 2.50 bits per heavy atom. The normalized spacial score (nSPS) is 15.5. The maximum Gasteiger partial charge on any atom is 0.338 e. The molecule has 0 bridgehead atoms. The van der Waals surface area contributed by atoms with Gasteiger partial charge in [0.25, 0.3) is 5.91 Å². The minimum Gasteiger partial charge on any atom is -0.449 e. The lowest BCUT2D eigenvalue weighted by Crippen LogP contribution is -2.30. The summed E-state index contributed by atoms with van der Waals surface area (Å²) in [6.45, 7) is 1.54. The predicted molar refractivity (Wildman–Crippen MR) is 109 cm³/mol. The molecule has 0 spiro atoms. The minimum absolute atomic E-state index is 0.406. The molecule has 2 aromatic rings. The smallest absolute Gasteiger partial charge is 0.338 e. The highest BCUT2D eigenvalue weighted by Crippen LogP contribution is 2.45. The van der Waals surface area contributed by atoms with Crippen LogP contribution in [0.15, 0.2) is 48.5 Å². The number of amides is 1. The number of esters is 1. The van der Waals surface area contributed by atoms with E-state index < -0.39 is 18.0 Å². The number of hydrogen-bond donors (Lipinski definition) is 1. The number of rotatable bonds is 5. The van der Waals surface area contributed by atoms with E-state index in [2.05, 4.69) is 5.32 Å². The molecule has 1 aliphatic heterocycles. The largest absolute Gasteiger partial charge is 0.449 e. The molecule has 136 valence electrons. The second-order valence-electron chi connectivity index (χ2n) is 5.74. The molecule has 1 amide bonds. The number of carbonyl (C=O) groups excluding carboxylic acids is 2. The molecule has 0 saturated carbocycles. The molecule has 0 aliphatic carbocycles. The summed E-state index contributed by atoms with van der Waals surface area (Å²) >= 11 is 9.71. The van der Waals surface area contributed by atoms with Crippen LogP contribution in [0.3, 0.4) is 0 Å². The van der Waals surface area contributed by atoms with Gasteiger partial charge in [0.05, 0.1) is 10.1 Å². The summed E-state index contributed by atoms with van der Waals surface area (Å²) in [6, 6.07) is 14.2. The van der Waals surface area contributed by atoms with Crippen molar-refractivity contribution in [3.05, 3.63) is 64.7 Å². The number of benzene rings is 2. The van der Waals surface area contributed by atoms with E-state index in [1.807, 2.05) is 35.7 Å². The van der Waals surface area contributed by atoms with Gasteiger partial charge in [0.2, 0.25) is 0 Å². The van der Waals surface area contributed by atoms with Gasteiger partial charge in [-0.15, -0.1) is 23.5 Å². The molecule has 0 radical (unpaired) electrons. The van der Waals surface area contributed by atoms with E-state index in [0.29, 0.717) is 20.9 Å². The zero-order valence-corrected chi connectivity index (χ0v) is 16.5. The van der Waals surface area contributed by atoms with E-state index in [0.717, 1.165) is 11.5 Å².